The number of benzene rings is 2. The van der Waals surface area contributed by atoms with Gasteiger partial charge in [0.1, 0.15) is 23.1 Å². The minimum Gasteiger partial charge on any atom is -0.493 e. The molecule has 2 aromatic rings. The smallest absolute Gasteiger partial charge is 0.261 e. The molecular formula is C29H36F3N3O3. The number of carbonyl (C=O) groups is 2. The lowest BCUT2D eigenvalue weighted by atomic mass is 9.95. The number of imide groups is 1. The minimum absolute atomic E-state index is 0.0402. The van der Waals surface area contributed by atoms with Gasteiger partial charge in [0, 0.05) is 29.7 Å². The minimum atomic E-state index is -1.23. The Kier molecular flexibility index (Phi) is 9.10. The molecule has 0 spiro atoms. The number of carbonyl (C=O) groups excluding carboxylic acids is 2. The zero-order valence-corrected chi connectivity index (χ0v) is 22.0. The Balaban J connectivity index is 1.40. The number of rotatable bonds is 8. The van der Waals surface area contributed by atoms with Crippen LogP contribution in [0.1, 0.15) is 49.9 Å². The summed E-state index contributed by atoms with van der Waals surface area (Å²) in [5.41, 5.74) is -1.50. The van der Waals surface area contributed by atoms with Crippen molar-refractivity contribution < 1.29 is 27.5 Å². The molecule has 2 aromatic carbocycles. The Morgan fingerprint density at radius 2 is 1.74 bits per heavy atom. The number of nitrogens with one attached hydrogen (secondary N) is 2. The number of amides is 2. The van der Waals surface area contributed by atoms with Crippen LogP contribution in [0, 0.1) is 23.5 Å². The first-order chi connectivity index (χ1) is 18.1. The van der Waals surface area contributed by atoms with E-state index in [1.807, 2.05) is 0 Å². The van der Waals surface area contributed by atoms with Gasteiger partial charge in [-0.3, -0.25) is 14.9 Å². The van der Waals surface area contributed by atoms with Gasteiger partial charge in [-0.05, 0) is 89.8 Å². The number of ether oxygens (including phenoxy) is 1. The van der Waals surface area contributed by atoms with Gasteiger partial charge in [-0.1, -0.05) is 12.1 Å². The van der Waals surface area contributed by atoms with Gasteiger partial charge < -0.3 is 15.0 Å². The van der Waals surface area contributed by atoms with Crippen LogP contribution >= 0.6 is 0 Å². The van der Waals surface area contributed by atoms with Crippen molar-refractivity contribution in [1.29, 1.82) is 0 Å². The van der Waals surface area contributed by atoms with Crippen molar-refractivity contribution in [3.8, 4) is 16.9 Å². The van der Waals surface area contributed by atoms with Crippen molar-refractivity contribution in [2.45, 2.75) is 45.2 Å². The fraction of sp³-hybridized carbons (Fsp3) is 0.517. The molecule has 4 rings (SSSR count). The summed E-state index contributed by atoms with van der Waals surface area (Å²) in [5, 5.41) is 5.45. The third-order valence-electron chi connectivity index (χ3n) is 7.21. The number of likely N-dealkylation sites (tertiary alicyclic amines) is 1. The number of halogens is 3. The Morgan fingerprint density at radius 3 is 2.39 bits per heavy atom. The van der Waals surface area contributed by atoms with Crippen molar-refractivity contribution in [1.82, 2.24) is 15.5 Å². The van der Waals surface area contributed by atoms with E-state index in [4.69, 9.17) is 4.74 Å². The fourth-order valence-corrected chi connectivity index (χ4v) is 5.20. The molecule has 2 aliphatic heterocycles. The normalized spacial score (nSPS) is 17.8. The quantitative estimate of drug-likeness (QED) is 0.482. The van der Waals surface area contributed by atoms with Crippen LogP contribution in [-0.4, -0.2) is 61.7 Å². The fourth-order valence-electron chi connectivity index (χ4n) is 5.20. The highest BCUT2D eigenvalue weighted by molar-refractivity contribution is 6.09. The second kappa shape index (κ2) is 12.3. The number of hydrogen-bond donors (Lipinski definition) is 2. The zero-order valence-electron chi connectivity index (χ0n) is 22.0. The Morgan fingerprint density at radius 1 is 1.03 bits per heavy atom. The molecule has 2 N–H and O–H groups in total. The summed E-state index contributed by atoms with van der Waals surface area (Å²) >= 11 is 0. The van der Waals surface area contributed by atoms with Crippen LogP contribution < -0.4 is 15.4 Å². The first-order valence-corrected chi connectivity index (χ1v) is 13.3. The lowest BCUT2D eigenvalue weighted by molar-refractivity contribution is -0.124. The first kappa shape index (κ1) is 28.1. The van der Waals surface area contributed by atoms with Crippen molar-refractivity contribution >= 4 is 11.8 Å². The second-order valence-electron chi connectivity index (χ2n) is 10.9. The van der Waals surface area contributed by atoms with Crippen LogP contribution in [0.15, 0.2) is 36.4 Å². The summed E-state index contributed by atoms with van der Waals surface area (Å²) in [6, 6.07) is 8.24. The Bertz CT molecular complexity index is 1140. The van der Waals surface area contributed by atoms with Gasteiger partial charge >= 0.3 is 0 Å². The lowest BCUT2D eigenvalue weighted by Crippen LogP contribution is -2.41. The molecule has 0 bridgehead atoms. The molecule has 0 aromatic heterocycles. The maximum absolute atomic E-state index is 15.2. The van der Waals surface area contributed by atoms with Crippen LogP contribution in [0.5, 0.6) is 5.75 Å². The number of hydrogen-bond acceptors (Lipinski definition) is 5. The molecule has 0 saturated carbocycles. The topological polar surface area (TPSA) is 70.7 Å². The van der Waals surface area contributed by atoms with Gasteiger partial charge in [0.05, 0.1) is 12.2 Å². The van der Waals surface area contributed by atoms with Crippen molar-refractivity contribution in [3.05, 3.63) is 53.6 Å². The van der Waals surface area contributed by atoms with Gasteiger partial charge in [0.15, 0.2) is 0 Å². The summed E-state index contributed by atoms with van der Waals surface area (Å²) in [5.74, 6) is -2.54. The van der Waals surface area contributed by atoms with Crippen LogP contribution in [-0.2, 0) is 4.79 Å². The molecule has 0 unspecified atom stereocenters. The highest BCUT2D eigenvalue weighted by Gasteiger charge is 2.27. The van der Waals surface area contributed by atoms with E-state index >= 15 is 4.39 Å². The van der Waals surface area contributed by atoms with E-state index in [2.05, 4.69) is 15.5 Å². The predicted molar refractivity (Wildman–Crippen MR) is 140 cm³/mol. The van der Waals surface area contributed by atoms with Crippen molar-refractivity contribution in [3.63, 3.8) is 0 Å². The Hall–Kier alpha value is -2.91. The number of alkyl halides is 1. The molecule has 9 heteroatoms. The average molecular weight is 532 g/mol. The SMILES string of the molecule is CC(C)(F)CN1CCC(COc2ccc(-c3cccc(F)c3C(=O)NC(=O)C3CCNCC3)c(F)c2)CC1. The molecule has 2 amide bonds. The first-order valence-electron chi connectivity index (χ1n) is 13.3. The molecule has 6 nitrogen and oxygen atoms in total. The van der Waals surface area contributed by atoms with E-state index in [0.29, 0.717) is 44.8 Å². The summed E-state index contributed by atoms with van der Waals surface area (Å²) in [4.78, 5) is 27.6. The highest BCUT2D eigenvalue weighted by atomic mass is 19.1. The van der Waals surface area contributed by atoms with E-state index < -0.39 is 29.1 Å². The number of piperidine rings is 2. The van der Waals surface area contributed by atoms with Gasteiger partial charge in [0.25, 0.3) is 5.91 Å². The molecule has 206 valence electrons. The highest BCUT2D eigenvalue weighted by Crippen LogP contribution is 2.31. The van der Waals surface area contributed by atoms with E-state index in [0.717, 1.165) is 32.0 Å². The molecular weight excluding hydrogens is 495 g/mol. The van der Waals surface area contributed by atoms with Gasteiger partial charge in [-0.15, -0.1) is 0 Å². The third-order valence-corrected chi connectivity index (χ3v) is 7.21. The van der Waals surface area contributed by atoms with Gasteiger partial charge in [-0.2, -0.15) is 0 Å². The largest absolute Gasteiger partial charge is 0.493 e. The van der Waals surface area contributed by atoms with Crippen LogP contribution in [0.3, 0.4) is 0 Å². The lowest BCUT2D eigenvalue weighted by Gasteiger charge is -2.34. The van der Waals surface area contributed by atoms with Gasteiger partial charge in [0.2, 0.25) is 5.91 Å². The molecule has 2 fully saturated rings. The predicted octanol–water partition coefficient (Wildman–Crippen LogP) is 4.73. The molecule has 2 saturated heterocycles. The summed E-state index contributed by atoms with van der Waals surface area (Å²) in [6.07, 6.45) is 2.92. The summed E-state index contributed by atoms with van der Waals surface area (Å²) < 4.78 is 49.7. The molecule has 2 aliphatic rings. The van der Waals surface area contributed by atoms with Crippen LogP contribution in [0.2, 0.25) is 0 Å². The van der Waals surface area contributed by atoms with Gasteiger partial charge in [-0.25, -0.2) is 13.2 Å². The van der Waals surface area contributed by atoms with E-state index in [1.54, 1.807) is 19.9 Å². The third kappa shape index (κ3) is 7.35. The maximum atomic E-state index is 15.2. The van der Waals surface area contributed by atoms with E-state index in [1.165, 1.54) is 24.3 Å². The summed E-state index contributed by atoms with van der Waals surface area (Å²) in [6.45, 7) is 6.90. The molecule has 2 heterocycles. The Labute approximate surface area is 221 Å². The van der Waals surface area contributed by atoms with E-state index in [9.17, 15) is 18.4 Å². The number of nitrogens with zero attached hydrogens (tertiary/aromatic N) is 1. The molecule has 38 heavy (non-hydrogen) atoms. The standard InChI is InChI=1S/C29H36F3N3O3/c1-29(2,32)18-35-14-10-19(11-15-35)17-38-21-6-7-22(25(31)16-21)23-4-3-5-24(30)26(23)28(37)34-27(36)20-8-12-33-13-9-20/h3-7,16,19-20,33H,8-15,17-18H2,1-2H3,(H,34,36,37). The molecule has 0 atom stereocenters. The second-order valence-corrected chi connectivity index (χ2v) is 10.9. The van der Waals surface area contributed by atoms with Crippen LogP contribution in [0.4, 0.5) is 13.2 Å². The van der Waals surface area contributed by atoms with E-state index in [-0.39, 0.29) is 28.5 Å². The molecule has 0 radical (unpaired) electrons. The van der Waals surface area contributed by atoms with Crippen molar-refractivity contribution in [2.75, 3.05) is 39.3 Å². The zero-order chi connectivity index (χ0) is 27.3. The summed E-state index contributed by atoms with van der Waals surface area (Å²) in [7, 11) is 0. The maximum Gasteiger partial charge on any atom is 0.261 e. The van der Waals surface area contributed by atoms with Crippen molar-refractivity contribution in [2.24, 2.45) is 11.8 Å². The van der Waals surface area contributed by atoms with Crippen LogP contribution in [0.25, 0.3) is 11.1 Å². The average Bonchev–Trinajstić information content (AvgIpc) is 2.88. The monoisotopic (exact) mass is 531 g/mol. The molecule has 0 aliphatic carbocycles.